The zero-order valence-electron chi connectivity index (χ0n) is 8.96. The molecule has 2 fully saturated rings. The summed E-state index contributed by atoms with van der Waals surface area (Å²) < 4.78 is 0. The molecule has 6 heteroatoms. The van der Waals surface area contributed by atoms with Crippen molar-refractivity contribution >= 4 is 11.9 Å². The predicted molar refractivity (Wildman–Crippen MR) is 50.9 cm³/mol. The van der Waals surface area contributed by atoms with Crippen LogP contribution >= 0.6 is 0 Å². The first-order chi connectivity index (χ1) is 7.59. The molecular formula is C10H16N2O4. The Hall–Kier alpha value is -1.14. The minimum absolute atomic E-state index is 0.0841. The maximum absolute atomic E-state index is 12.0. The topological polar surface area (TPSA) is 97.3 Å². The number of aliphatic hydroxyl groups excluding tert-OH is 1. The van der Waals surface area contributed by atoms with Gasteiger partial charge in [-0.05, 0) is 0 Å². The van der Waals surface area contributed by atoms with E-state index in [1.807, 2.05) is 5.32 Å². The number of hydrogen-bond donors (Lipinski definition) is 2. The van der Waals surface area contributed by atoms with Crippen molar-refractivity contribution in [1.82, 2.24) is 4.90 Å². The molecule has 2 saturated heterocycles. The average Bonchev–Trinajstić information content (AvgIpc) is 2.84. The van der Waals surface area contributed by atoms with Gasteiger partial charge in [-0.2, -0.15) is 0 Å². The number of carbonyl (C=O) groups is 2. The molecule has 1 amide bonds. The van der Waals surface area contributed by atoms with Crippen LogP contribution in [-0.2, 0) is 9.59 Å². The van der Waals surface area contributed by atoms with Gasteiger partial charge in [-0.25, -0.2) is 0 Å². The molecule has 2 heterocycles. The second-order valence-electron chi connectivity index (χ2n) is 4.49. The van der Waals surface area contributed by atoms with E-state index in [1.54, 1.807) is 0 Å². The normalized spacial score (nSPS) is 34.3. The maximum Gasteiger partial charge on any atom is 0.281 e. The molecule has 0 aromatic heterocycles. The lowest BCUT2D eigenvalue weighted by Crippen LogP contribution is -2.89. The highest BCUT2D eigenvalue weighted by Gasteiger charge is 2.40. The van der Waals surface area contributed by atoms with Gasteiger partial charge < -0.3 is 25.2 Å². The van der Waals surface area contributed by atoms with Crippen molar-refractivity contribution in [2.24, 2.45) is 0 Å². The lowest BCUT2D eigenvalue weighted by Gasteiger charge is -2.26. The van der Waals surface area contributed by atoms with Crippen LogP contribution < -0.4 is 10.4 Å². The molecule has 2 aliphatic heterocycles. The highest BCUT2D eigenvalue weighted by Crippen LogP contribution is 2.19. The smallest absolute Gasteiger partial charge is 0.281 e. The van der Waals surface area contributed by atoms with Gasteiger partial charge in [0.1, 0.15) is 0 Å². The van der Waals surface area contributed by atoms with Crippen molar-refractivity contribution < 1.29 is 25.1 Å². The van der Waals surface area contributed by atoms with Crippen LogP contribution in [-0.4, -0.2) is 53.2 Å². The predicted octanol–water partition coefficient (Wildman–Crippen LogP) is -3.58. The Morgan fingerprint density at radius 1 is 1.44 bits per heavy atom. The molecule has 0 saturated carbocycles. The number of nitrogens with two attached hydrogens (primary N) is 1. The molecule has 0 radical (unpaired) electrons. The molecular weight excluding hydrogens is 212 g/mol. The van der Waals surface area contributed by atoms with Gasteiger partial charge in [-0.3, -0.25) is 4.79 Å². The minimum Gasteiger partial charge on any atom is -0.548 e. The van der Waals surface area contributed by atoms with E-state index in [0.29, 0.717) is 0 Å². The number of aliphatic hydroxyl groups is 1. The van der Waals surface area contributed by atoms with Crippen LogP contribution in [0.2, 0.25) is 0 Å². The molecule has 90 valence electrons. The number of aliphatic carboxylic acids is 1. The molecule has 6 nitrogen and oxygen atoms in total. The van der Waals surface area contributed by atoms with E-state index in [1.165, 1.54) is 4.90 Å². The third kappa shape index (κ3) is 2.03. The van der Waals surface area contributed by atoms with Gasteiger partial charge >= 0.3 is 0 Å². The number of nitrogens with zero attached hydrogens (tertiary/aromatic N) is 1. The Bertz CT molecular complexity index is 301. The Kier molecular flexibility index (Phi) is 3.11. The molecule has 2 rings (SSSR count). The van der Waals surface area contributed by atoms with Crippen LogP contribution in [0, 0.1) is 0 Å². The summed E-state index contributed by atoms with van der Waals surface area (Å²) in [4.78, 5) is 24.1. The summed E-state index contributed by atoms with van der Waals surface area (Å²) in [5.74, 6) is -1.45. The molecule has 0 aromatic rings. The Morgan fingerprint density at radius 3 is 2.75 bits per heavy atom. The molecule has 0 aliphatic carbocycles. The SMILES string of the molecule is O=C([O-])[C@H]1C[C@@H](O)CN1C(=O)[C@@H]1CCC[NH2+]1. The van der Waals surface area contributed by atoms with E-state index >= 15 is 0 Å². The van der Waals surface area contributed by atoms with Crippen LogP contribution in [0.4, 0.5) is 0 Å². The minimum atomic E-state index is -1.28. The monoisotopic (exact) mass is 228 g/mol. The number of carbonyl (C=O) groups excluding carboxylic acids is 2. The van der Waals surface area contributed by atoms with E-state index in [-0.39, 0.29) is 24.9 Å². The molecule has 3 atom stereocenters. The summed E-state index contributed by atoms with van der Waals surface area (Å²) in [5, 5.41) is 22.2. The fraction of sp³-hybridized carbons (Fsp3) is 0.800. The number of β-amino-alcohol motifs (C(OH)–C–C–N with tert-alkyl or cyclic N) is 1. The van der Waals surface area contributed by atoms with Crippen molar-refractivity contribution in [3.8, 4) is 0 Å². The Morgan fingerprint density at radius 2 is 2.19 bits per heavy atom. The van der Waals surface area contributed by atoms with Gasteiger partial charge in [0.25, 0.3) is 5.91 Å². The number of quaternary nitrogens is 1. The highest BCUT2D eigenvalue weighted by molar-refractivity contribution is 5.86. The summed E-state index contributed by atoms with van der Waals surface area (Å²) in [6.07, 6.45) is 1.10. The summed E-state index contributed by atoms with van der Waals surface area (Å²) in [5.41, 5.74) is 0. The zero-order valence-corrected chi connectivity index (χ0v) is 8.96. The van der Waals surface area contributed by atoms with Crippen molar-refractivity contribution in [3.63, 3.8) is 0 Å². The molecule has 3 N–H and O–H groups in total. The fourth-order valence-electron chi connectivity index (χ4n) is 2.49. The second kappa shape index (κ2) is 4.39. The highest BCUT2D eigenvalue weighted by atomic mass is 16.4. The third-order valence-corrected chi connectivity index (χ3v) is 3.32. The largest absolute Gasteiger partial charge is 0.548 e. The van der Waals surface area contributed by atoms with E-state index in [2.05, 4.69) is 0 Å². The number of amides is 1. The average molecular weight is 228 g/mol. The van der Waals surface area contributed by atoms with Crippen LogP contribution in [0.3, 0.4) is 0 Å². The second-order valence-corrected chi connectivity index (χ2v) is 4.49. The van der Waals surface area contributed by atoms with Crippen LogP contribution in [0.1, 0.15) is 19.3 Å². The number of rotatable bonds is 2. The third-order valence-electron chi connectivity index (χ3n) is 3.32. The van der Waals surface area contributed by atoms with Crippen LogP contribution in [0.15, 0.2) is 0 Å². The fourth-order valence-corrected chi connectivity index (χ4v) is 2.49. The first-order valence-corrected chi connectivity index (χ1v) is 5.62. The molecule has 2 aliphatic rings. The van der Waals surface area contributed by atoms with Gasteiger partial charge in [-0.1, -0.05) is 0 Å². The van der Waals surface area contributed by atoms with Crippen molar-refractivity contribution in [2.45, 2.75) is 37.5 Å². The number of carboxylic acids is 1. The van der Waals surface area contributed by atoms with Crippen molar-refractivity contribution in [1.29, 1.82) is 0 Å². The van der Waals surface area contributed by atoms with Gasteiger partial charge in [0.2, 0.25) is 0 Å². The quantitative estimate of drug-likeness (QED) is 0.511. The van der Waals surface area contributed by atoms with Gasteiger partial charge in [-0.15, -0.1) is 0 Å². The lowest BCUT2D eigenvalue weighted by atomic mass is 10.1. The molecule has 0 unspecified atom stereocenters. The van der Waals surface area contributed by atoms with Crippen LogP contribution in [0.25, 0.3) is 0 Å². The summed E-state index contributed by atoms with van der Waals surface area (Å²) in [6, 6.07) is -1.14. The lowest BCUT2D eigenvalue weighted by molar-refractivity contribution is -0.658. The first kappa shape index (κ1) is 11.3. The van der Waals surface area contributed by atoms with Gasteiger partial charge in [0.05, 0.1) is 24.7 Å². The maximum atomic E-state index is 12.0. The molecule has 16 heavy (non-hydrogen) atoms. The summed E-state index contributed by atoms with van der Waals surface area (Å²) >= 11 is 0. The van der Waals surface area contributed by atoms with E-state index in [0.717, 1.165) is 19.4 Å². The van der Waals surface area contributed by atoms with Crippen molar-refractivity contribution in [2.75, 3.05) is 13.1 Å². The Balaban J connectivity index is 2.06. The number of carboxylic acid groups (broad SMARTS) is 1. The van der Waals surface area contributed by atoms with E-state index in [9.17, 15) is 19.8 Å². The van der Waals surface area contributed by atoms with Gasteiger partial charge in [0, 0.05) is 25.8 Å². The van der Waals surface area contributed by atoms with E-state index < -0.39 is 18.1 Å². The summed E-state index contributed by atoms with van der Waals surface area (Å²) in [6.45, 7) is 1.02. The zero-order chi connectivity index (χ0) is 11.7. The molecule has 0 bridgehead atoms. The standard InChI is InChI=1S/C10H16N2O4/c13-6-4-8(10(15)16)12(5-6)9(14)7-2-1-3-11-7/h6-8,11,13H,1-5H2,(H,15,16)/t6-,7+,8-/m1/s1. The van der Waals surface area contributed by atoms with Gasteiger partial charge in [0.15, 0.2) is 6.04 Å². The van der Waals surface area contributed by atoms with Crippen LogP contribution in [0.5, 0.6) is 0 Å². The number of hydrogen-bond acceptors (Lipinski definition) is 4. The molecule has 0 aromatic carbocycles. The molecule has 0 spiro atoms. The first-order valence-electron chi connectivity index (χ1n) is 5.62. The summed E-state index contributed by atoms with van der Waals surface area (Å²) in [7, 11) is 0. The Labute approximate surface area is 93.2 Å². The van der Waals surface area contributed by atoms with E-state index in [4.69, 9.17) is 0 Å². The number of likely N-dealkylation sites (tertiary alicyclic amines) is 1. The van der Waals surface area contributed by atoms with Crippen molar-refractivity contribution in [3.05, 3.63) is 0 Å².